The number of nitrogens with one attached hydrogen (secondary N) is 2. The van der Waals surface area contributed by atoms with Crippen molar-refractivity contribution < 1.29 is 9.53 Å². The molecule has 1 aliphatic rings. The number of piperidine rings is 1. The number of urea groups is 1. The average molecular weight is 277 g/mol. The number of methoxy groups -OCH3 is 1. The van der Waals surface area contributed by atoms with Gasteiger partial charge in [0.25, 0.3) is 0 Å². The van der Waals surface area contributed by atoms with Gasteiger partial charge >= 0.3 is 6.03 Å². The lowest BCUT2D eigenvalue weighted by Gasteiger charge is -2.34. The third kappa shape index (κ3) is 3.42. The molecule has 2 amide bonds. The molecule has 0 unspecified atom stereocenters. The highest BCUT2D eigenvalue weighted by Gasteiger charge is 2.24. The van der Waals surface area contributed by atoms with Crippen molar-refractivity contribution in [2.24, 2.45) is 0 Å². The van der Waals surface area contributed by atoms with Gasteiger partial charge in [0.2, 0.25) is 0 Å². The van der Waals surface area contributed by atoms with E-state index in [0.717, 1.165) is 25.9 Å². The summed E-state index contributed by atoms with van der Waals surface area (Å²) in [5, 5.41) is 6.27. The molecule has 0 bridgehead atoms. The first-order valence-electron chi connectivity index (χ1n) is 7.17. The summed E-state index contributed by atoms with van der Waals surface area (Å²) in [6.45, 7) is 4.68. The second-order valence-corrected chi connectivity index (χ2v) is 4.90. The molecule has 20 heavy (non-hydrogen) atoms. The SMILES string of the molecule is CCN(C(=O)Nc1ccccc1OC)C1CCNCC1. The van der Waals surface area contributed by atoms with E-state index in [1.54, 1.807) is 7.11 Å². The van der Waals surface area contributed by atoms with Crippen LogP contribution in [-0.4, -0.2) is 43.7 Å². The van der Waals surface area contributed by atoms with Crippen LogP contribution in [0.3, 0.4) is 0 Å². The molecule has 5 nitrogen and oxygen atoms in total. The highest BCUT2D eigenvalue weighted by Crippen LogP contribution is 2.24. The van der Waals surface area contributed by atoms with E-state index in [-0.39, 0.29) is 6.03 Å². The van der Waals surface area contributed by atoms with E-state index in [1.807, 2.05) is 36.1 Å². The number of carbonyl (C=O) groups excluding carboxylic acids is 1. The van der Waals surface area contributed by atoms with Gasteiger partial charge in [0.05, 0.1) is 12.8 Å². The van der Waals surface area contributed by atoms with Crippen molar-refractivity contribution in [3.8, 4) is 5.75 Å². The second-order valence-electron chi connectivity index (χ2n) is 4.90. The third-order valence-corrected chi connectivity index (χ3v) is 3.70. The highest BCUT2D eigenvalue weighted by atomic mass is 16.5. The minimum atomic E-state index is -0.0519. The van der Waals surface area contributed by atoms with Gasteiger partial charge in [-0.05, 0) is 45.0 Å². The molecular weight excluding hydrogens is 254 g/mol. The molecule has 1 aromatic rings. The summed E-state index contributed by atoms with van der Waals surface area (Å²) in [6, 6.07) is 7.74. The lowest BCUT2D eigenvalue weighted by Crippen LogP contribution is -2.47. The van der Waals surface area contributed by atoms with E-state index in [1.165, 1.54) is 0 Å². The van der Waals surface area contributed by atoms with E-state index in [2.05, 4.69) is 10.6 Å². The minimum Gasteiger partial charge on any atom is -0.495 e. The molecule has 1 aromatic carbocycles. The van der Waals surface area contributed by atoms with Crippen molar-refractivity contribution in [2.75, 3.05) is 32.1 Å². The lowest BCUT2D eigenvalue weighted by molar-refractivity contribution is 0.175. The van der Waals surface area contributed by atoms with Gasteiger partial charge in [0.1, 0.15) is 5.75 Å². The Morgan fingerprint density at radius 1 is 1.40 bits per heavy atom. The molecule has 2 N–H and O–H groups in total. The number of hydrogen-bond acceptors (Lipinski definition) is 3. The summed E-state index contributed by atoms with van der Waals surface area (Å²) >= 11 is 0. The van der Waals surface area contributed by atoms with Crippen LogP contribution in [0.5, 0.6) is 5.75 Å². The third-order valence-electron chi connectivity index (χ3n) is 3.70. The number of para-hydroxylation sites is 2. The molecular formula is C15H23N3O2. The van der Waals surface area contributed by atoms with Crippen LogP contribution in [0.2, 0.25) is 0 Å². The first-order valence-corrected chi connectivity index (χ1v) is 7.17. The van der Waals surface area contributed by atoms with E-state index in [9.17, 15) is 4.79 Å². The summed E-state index contributed by atoms with van der Waals surface area (Å²) in [5.41, 5.74) is 0.715. The quantitative estimate of drug-likeness (QED) is 0.888. The van der Waals surface area contributed by atoms with Gasteiger partial charge in [-0.25, -0.2) is 4.79 Å². The van der Waals surface area contributed by atoms with Crippen LogP contribution >= 0.6 is 0 Å². The molecule has 0 aliphatic carbocycles. The molecule has 0 atom stereocenters. The molecule has 2 rings (SSSR count). The summed E-state index contributed by atoms with van der Waals surface area (Å²) < 4.78 is 5.26. The van der Waals surface area contributed by atoms with Gasteiger partial charge in [0, 0.05) is 12.6 Å². The Morgan fingerprint density at radius 2 is 2.10 bits per heavy atom. The van der Waals surface area contributed by atoms with Crippen molar-refractivity contribution in [3.05, 3.63) is 24.3 Å². The van der Waals surface area contributed by atoms with E-state index in [0.29, 0.717) is 24.0 Å². The van der Waals surface area contributed by atoms with Gasteiger partial charge in [-0.2, -0.15) is 0 Å². The molecule has 5 heteroatoms. The van der Waals surface area contributed by atoms with Crippen LogP contribution in [0, 0.1) is 0 Å². The van der Waals surface area contributed by atoms with Crippen LogP contribution in [0.25, 0.3) is 0 Å². The van der Waals surface area contributed by atoms with Gasteiger partial charge in [0.15, 0.2) is 0 Å². The molecule has 1 aliphatic heterocycles. The number of hydrogen-bond donors (Lipinski definition) is 2. The minimum absolute atomic E-state index is 0.0519. The Balaban J connectivity index is 2.05. The smallest absolute Gasteiger partial charge is 0.322 e. The number of carbonyl (C=O) groups is 1. The van der Waals surface area contributed by atoms with E-state index in [4.69, 9.17) is 4.74 Å². The zero-order valence-electron chi connectivity index (χ0n) is 12.2. The van der Waals surface area contributed by atoms with Crippen LogP contribution in [0.4, 0.5) is 10.5 Å². The maximum atomic E-state index is 12.4. The van der Waals surface area contributed by atoms with E-state index >= 15 is 0 Å². The van der Waals surface area contributed by atoms with Crippen molar-refractivity contribution in [1.82, 2.24) is 10.2 Å². The summed E-state index contributed by atoms with van der Waals surface area (Å²) in [7, 11) is 1.61. The lowest BCUT2D eigenvalue weighted by atomic mass is 10.1. The Morgan fingerprint density at radius 3 is 2.75 bits per heavy atom. The zero-order valence-corrected chi connectivity index (χ0v) is 12.2. The second kappa shape index (κ2) is 7.14. The standard InChI is InChI=1S/C15H23N3O2/c1-3-18(12-8-10-16-11-9-12)15(19)17-13-6-4-5-7-14(13)20-2/h4-7,12,16H,3,8-11H2,1-2H3,(H,17,19). The number of benzene rings is 1. The first kappa shape index (κ1) is 14.7. The highest BCUT2D eigenvalue weighted by molar-refractivity contribution is 5.91. The molecule has 110 valence electrons. The van der Waals surface area contributed by atoms with Crippen molar-refractivity contribution in [2.45, 2.75) is 25.8 Å². The molecule has 0 aromatic heterocycles. The fourth-order valence-electron chi connectivity index (χ4n) is 2.62. The van der Waals surface area contributed by atoms with Crippen molar-refractivity contribution >= 4 is 11.7 Å². The Labute approximate surface area is 120 Å². The van der Waals surface area contributed by atoms with Crippen LogP contribution in [-0.2, 0) is 0 Å². The van der Waals surface area contributed by atoms with Crippen molar-refractivity contribution in [3.63, 3.8) is 0 Å². The van der Waals surface area contributed by atoms with Gasteiger partial charge in [-0.1, -0.05) is 12.1 Å². The summed E-state index contributed by atoms with van der Waals surface area (Å²) in [5.74, 6) is 0.683. The molecule has 1 saturated heterocycles. The molecule has 1 fully saturated rings. The van der Waals surface area contributed by atoms with Crippen molar-refractivity contribution in [1.29, 1.82) is 0 Å². The Bertz CT molecular complexity index is 444. The largest absolute Gasteiger partial charge is 0.495 e. The predicted octanol–water partition coefficient (Wildman–Crippen LogP) is 2.30. The maximum absolute atomic E-state index is 12.4. The molecule has 0 radical (unpaired) electrons. The number of anilines is 1. The number of ether oxygens (including phenoxy) is 1. The van der Waals surface area contributed by atoms with Gasteiger partial charge in [-0.15, -0.1) is 0 Å². The van der Waals surface area contributed by atoms with Crippen LogP contribution < -0.4 is 15.4 Å². The number of nitrogens with zero attached hydrogens (tertiary/aromatic N) is 1. The zero-order chi connectivity index (χ0) is 14.4. The number of amides is 2. The maximum Gasteiger partial charge on any atom is 0.322 e. The molecule has 1 heterocycles. The molecule has 0 saturated carbocycles. The fraction of sp³-hybridized carbons (Fsp3) is 0.533. The summed E-state index contributed by atoms with van der Waals surface area (Å²) in [6.07, 6.45) is 2.01. The molecule has 0 spiro atoms. The Kier molecular flexibility index (Phi) is 5.24. The van der Waals surface area contributed by atoms with Gasteiger partial charge in [-0.3, -0.25) is 0 Å². The predicted molar refractivity (Wildman–Crippen MR) is 80.3 cm³/mol. The van der Waals surface area contributed by atoms with Crippen LogP contribution in [0.1, 0.15) is 19.8 Å². The number of rotatable bonds is 4. The average Bonchev–Trinajstić information content (AvgIpc) is 2.49. The monoisotopic (exact) mass is 277 g/mol. The summed E-state index contributed by atoms with van der Waals surface area (Å²) in [4.78, 5) is 14.4. The fourth-order valence-corrected chi connectivity index (χ4v) is 2.62. The topological polar surface area (TPSA) is 53.6 Å². The Hall–Kier alpha value is -1.75. The van der Waals surface area contributed by atoms with E-state index < -0.39 is 0 Å². The first-order chi connectivity index (χ1) is 9.76. The van der Waals surface area contributed by atoms with Gasteiger partial charge < -0.3 is 20.3 Å². The normalized spacial score (nSPS) is 15.7. The van der Waals surface area contributed by atoms with Crippen LogP contribution in [0.15, 0.2) is 24.3 Å².